The number of benzene rings is 1. The molecule has 2 saturated heterocycles. The van der Waals surface area contributed by atoms with E-state index in [1.165, 1.54) is 0 Å². The van der Waals surface area contributed by atoms with Gasteiger partial charge in [-0.1, -0.05) is 19.1 Å². The minimum atomic E-state index is -0.0355. The number of halogens is 1. The summed E-state index contributed by atoms with van der Waals surface area (Å²) >= 11 is 0. The van der Waals surface area contributed by atoms with E-state index in [2.05, 4.69) is 17.6 Å². The zero-order valence-electron chi connectivity index (χ0n) is 17.5. The lowest BCUT2D eigenvalue weighted by Gasteiger charge is -2.33. The molecular formula is C22H34ClN3O3. The topological polar surface area (TPSA) is 70.7 Å². The molecule has 162 valence electrons. The molecular weight excluding hydrogens is 390 g/mol. The second kappa shape index (κ2) is 11.4. The molecule has 3 rings (SSSR count). The molecule has 6 nitrogen and oxygen atoms in total. The molecule has 2 heterocycles. The Hall–Kier alpha value is -1.79. The number of rotatable bonds is 7. The van der Waals surface area contributed by atoms with Crippen molar-refractivity contribution in [3.63, 3.8) is 0 Å². The van der Waals surface area contributed by atoms with Gasteiger partial charge in [-0.15, -0.1) is 12.4 Å². The fourth-order valence-corrected chi connectivity index (χ4v) is 4.18. The van der Waals surface area contributed by atoms with Crippen molar-refractivity contribution in [3.8, 4) is 5.75 Å². The summed E-state index contributed by atoms with van der Waals surface area (Å²) in [5.74, 6) is 1.66. The average Bonchev–Trinajstić information content (AvgIpc) is 3.27. The van der Waals surface area contributed by atoms with Gasteiger partial charge in [0.25, 0.3) is 0 Å². The van der Waals surface area contributed by atoms with Crippen LogP contribution in [0.25, 0.3) is 0 Å². The number of carbonyl (C=O) groups excluding carboxylic acids is 2. The van der Waals surface area contributed by atoms with Crippen LogP contribution in [0, 0.1) is 5.92 Å². The summed E-state index contributed by atoms with van der Waals surface area (Å²) in [6.07, 6.45) is 4.57. The van der Waals surface area contributed by atoms with Crippen molar-refractivity contribution in [3.05, 3.63) is 29.8 Å². The van der Waals surface area contributed by atoms with Crippen LogP contribution in [-0.2, 0) is 9.59 Å². The van der Waals surface area contributed by atoms with E-state index in [1.807, 2.05) is 29.2 Å². The fraction of sp³-hybridized carbons (Fsp3) is 0.636. The van der Waals surface area contributed by atoms with Gasteiger partial charge in [-0.05, 0) is 61.8 Å². The molecule has 29 heavy (non-hydrogen) atoms. The van der Waals surface area contributed by atoms with Gasteiger partial charge in [0.15, 0.2) is 0 Å². The first-order chi connectivity index (χ1) is 13.6. The van der Waals surface area contributed by atoms with Crippen molar-refractivity contribution in [1.29, 1.82) is 0 Å². The Kier molecular flexibility index (Phi) is 9.24. The molecule has 2 fully saturated rings. The number of nitrogens with one attached hydrogen (secondary N) is 2. The van der Waals surface area contributed by atoms with Crippen LogP contribution >= 0.6 is 12.4 Å². The number of hydrogen-bond acceptors (Lipinski definition) is 4. The van der Waals surface area contributed by atoms with E-state index in [0.717, 1.165) is 56.6 Å². The SMILES string of the molecule is COc1ccc(C(C)CC(=O)N2CCCC(CNC(=O)C3CCCN3)C2)cc1.Cl. The van der Waals surface area contributed by atoms with Gasteiger partial charge in [-0.25, -0.2) is 0 Å². The first-order valence-corrected chi connectivity index (χ1v) is 10.5. The van der Waals surface area contributed by atoms with Gasteiger partial charge in [0, 0.05) is 26.1 Å². The van der Waals surface area contributed by atoms with E-state index in [4.69, 9.17) is 4.74 Å². The van der Waals surface area contributed by atoms with E-state index in [0.29, 0.717) is 18.9 Å². The number of carbonyl (C=O) groups is 2. The lowest BCUT2D eigenvalue weighted by Crippen LogP contribution is -2.46. The Labute approximate surface area is 180 Å². The quantitative estimate of drug-likeness (QED) is 0.707. The molecule has 0 bridgehead atoms. The van der Waals surface area contributed by atoms with Gasteiger partial charge in [0.2, 0.25) is 11.8 Å². The van der Waals surface area contributed by atoms with Gasteiger partial charge < -0.3 is 20.3 Å². The van der Waals surface area contributed by atoms with Crippen LogP contribution in [0.1, 0.15) is 50.5 Å². The third-order valence-electron chi connectivity index (χ3n) is 5.98. The lowest BCUT2D eigenvalue weighted by atomic mass is 9.94. The van der Waals surface area contributed by atoms with Crippen molar-refractivity contribution in [1.82, 2.24) is 15.5 Å². The van der Waals surface area contributed by atoms with Crippen molar-refractivity contribution < 1.29 is 14.3 Å². The van der Waals surface area contributed by atoms with Crippen LogP contribution in [0.5, 0.6) is 5.75 Å². The van der Waals surface area contributed by atoms with Crippen LogP contribution in [0.2, 0.25) is 0 Å². The predicted molar refractivity (Wildman–Crippen MR) is 117 cm³/mol. The maximum absolute atomic E-state index is 12.8. The molecule has 0 aliphatic carbocycles. The third-order valence-corrected chi connectivity index (χ3v) is 5.98. The number of hydrogen-bond donors (Lipinski definition) is 2. The number of likely N-dealkylation sites (tertiary alicyclic amines) is 1. The first-order valence-electron chi connectivity index (χ1n) is 10.5. The summed E-state index contributed by atoms with van der Waals surface area (Å²) in [5, 5.41) is 6.31. The van der Waals surface area contributed by atoms with Gasteiger partial charge in [-0.2, -0.15) is 0 Å². The summed E-state index contributed by atoms with van der Waals surface area (Å²) in [4.78, 5) is 27.0. The van der Waals surface area contributed by atoms with Crippen LogP contribution < -0.4 is 15.4 Å². The Morgan fingerprint density at radius 3 is 2.66 bits per heavy atom. The highest BCUT2D eigenvalue weighted by atomic mass is 35.5. The summed E-state index contributed by atoms with van der Waals surface area (Å²) in [5.41, 5.74) is 1.15. The zero-order valence-corrected chi connectivity index (χ0v) is 18.3. The summed E-state index contributed by atoms with van der Waals surface area (Å²) < 4.78 is 5.20. The number of amides is 2. The molecule has 7 heteroatoms. The van der Waals surface area contributed by atoms with Crippen LogP contribution in [-0.4, -0.2) is 56.0 Å². The monoisotopic (exact) mass is 423 g/mol. The largest absolute Gasteiger partial charge is 0.497 e. The fourth-order valence-electron chi connectivity index (χ4n) is 4.18. The second-order valence-electron chi connectivity index (χ2n) is 8.12. The van der Waals surface area contributed by atoms with Crippen LogP contribution in [0.15, 0.2) is 24.3 Å². The number of piperidine rings is 1. The number of nitrogens with zero attached hydrogens (tertiary/aromatic N) is 1. The maximum Gasteiger partial charge on any atom is 0.237 e. The van der Waals surface area contributed by atoms with Crippen LogP contribution in [0.4, 0.5) is 0 Å². The molecule has 1 aromatic carbocycles. The van der Waals surface area contributed by atoms with Crippen molar-refractivity contribution in [2.24, 2.45) is 5.92 Å². The summed E-state index contributed by atoms with van der Waals surface area (Å²) in [6.45, 7) is 5.25. The molecule has 1 aromatic rings. The smallest absolute Gasteiger partial charge is 0.237 e. The maximum atomic E-state index is 12.8. The molecule has 0 saturated carbocycles. The standard InChI is InChI=1S/C22H33N3O3.ClH/c1-16(18-7-9-19(28-2)10-8-18)13-21(26)25-12-4-5-17(15-25)14-24-22(27)20-6-3-11-23-20;/h7-10,16-17,20,23H,3-6,11-15H2,1-2H3,(H,24,27);1H. The molecule has 2 aliphatic rings. The van der Waals surface area contributed by atoms with Crippen LogP contribution in [0.3, 0.4) is 0 Å². The molecule has 0 aromatic heterocycles. The van der Waals surface area contributed by atoms with E-state index >= 15 is 0 Å². The highest BCUT2D eigenvalue weighted by Crippen LogP contribution is 2.24. The average molecular weight is 424 g/mol. The van der Waals surface area contributed by atoms with Crippen molar-refractivity contribution in [2.75, 3.05) is 33.3 Å². The Morgan fingerprint density at radius 2 is 2.00 bits per heavy atom. The van der Waals surface area contributed by atoms with E-state index < -0.39 is 0 Å². The van der Waals surface area contributed by atoms with E-state index in [-0.39, 0.29) is 36.2 Å². The molecule has 2 N–H and O–H groups in total. The number of ether oxygens (including phenoxy) is 1. The Bertz CT molecular complexity index is 662. The Balaban J connectivity index is 0.00000300. The molecule has 3 unspecified atom stereocenters. The molecule has 0 spiro atoms. The molecule has 2 amide bonds. The Morgan fingerprint density at radius 1 is 1.24 bits per heavy atom. The third kappa shape index (κ3) is 6.61. The minimum absolute atomic E-state index is 0. The molecule has 2 aliphatic heterocycles. The van der Waals surface area contributed by atoms with Crippen molar-refractivity contribution >= 4 is 24.2 Å². The summed E-state index contributed by atoms with van der Waals surface area (Å²) in [7, 11) is 1.65. The van der Waals surface area contributed by atoms with Gasteiger partial charge in [-0.3, -0.25) is 9.59 Å². The van der Waals surface area contributed by atoms with Crippen molar-refractivity contribution in [2.45, 2.75) is 51.0 Å². The normalized spacial score (nSPS) is 22.5. The molecule has 0 radical (unpaired) electrons. The summed E-state index contributed by atoms with van der Waals surface area (Å²) in [6, 6.07) is 7.90. The first kappa shape index (κ1) is 23.5. The van der Waals surface area contributed by atoms with Gasteiger partial charge in [0.05, 0.1) is 13.2 Å². The van der Waals surface area contributed by atoms with Gasteiger partial charge in [0.1, 0.15) is 5.75 Å². The second-order valence-corrected chi connectivity index (χ2v) is 8.12. The van der Waals surface area contributed by atoms with E-state index in [9.17, 15) is 9.59 Å². The van der Waals surface area contributed by atoms with Gasteiger partial charge >= 0.3 is 0 Å². The predicted octanol–water partition coefficient (Wildman–Crippen LogP) is 2.72. The minimum Gasteiger partial charge on any atom is -0.497 e. The number of methoxy groups -OCH3 is 1. The molecule has 3 atom stereocenters. The highest BCUT2D eigenvalue weighted by Gasteiger charge is 2.27. The zero-order chi connectivity index (χ0) is 19.9. The lowest BCUT2D eigenvalue weighted by molar-refractivity contribution is -0.133. The highest BCUT2D eigenvalue weighted by molar-refractivity contribution is 5.85. The van der Waals surface area contributed by atoms with E-state index in [1.54, 1.807) is 7.11 Å².